The number of hydrogen-bond acceptors (Lipinski definition) is 7. The zero-order valence-corrected chi connectivity index (χ0v) is 19.3. The number of fused-ring (bicyclic) bond motifs is 1. The lowest BCUT2D eigenvalue weighted by molar-refractivity contribution is 0.223. The summed E-state index contributed by atoms with van der Waals surface area (Å²) in [6.07, 6.45) is 1.77. The molecule has 34 heavy (non-hydrogen) atoms. The third kappa shape index (κ3) is 5.42. The van der Waals surface area contributed by atoms with E-state index in [0.717, 1.165) is 53.1 Å². The molecule has 2 N–H and O–H groups in total. The number of likely N-dealkylation sites (N-methyl/N-ethyl adjacent to an activating group) is 1. The predicted octanol–water partition coefficient (Wildman–Crippen LogP) is 5.34. The Bertz CT molecular complexity index is 1310. The molecule has 0 saturated carbocycles. The molecule has 0 fully saturated rings. The Hall–Kier alpha value is -4.15. The van der Waals surface area contributed by atoms with Crippen LogP contribution in [-0.2, 0) is 0 Å². The van der Waals surface area contributed by atoms with Crippen LogP contribution in [0.3, 0.4) is 0 Å². The van der Waals surface area contributed by atoms with Gasteiger partial charge in [0.25, 0.3) is 0 Å². The van der Waals surface area contributed by atoms with Crippen LogP contribution < -0.4 is 10.1 Å². The van der Waals surface area contributed by atoms with Crippen LogP contribution in [0.25, 0.3) is 22.0 Å². The van der Waals surface area contributed by atoms with E-state index in [2.05, 4.69) is 34.0 Å². The summed E-state index contributed by atoms with van der Waals surface area (Å²) in [5.41, 5.74) is 3.69. The fraction of sp³-hybridized carbons (Fsp3) is 0.222. The van der Waals surface area contributed by atoms with Gasteiger partial charge in [0.15, 0.2) is 0 Å². The van der Waals surface area contributed by atoms with E-state index in [9.17, 15) is 5.11 Å². The lowest BCUT2D eigenvalue weighted by Crippen LogP contribution is -2.27. The number of phenolic OH excluding ortho intramolecular Hbond substituents is 1. The Kier molecular flexibility index (Phi) is 7.21. The van der Waals surface area contributed by atoms with Crippen LogP contribution in [-0.4, -0.2) is 46.2 Å². The molecule has 0 bridgehead atoms. The van der Waals surface area contributed by atoms with E-state index >= 15 is 0 Å². The smallest absolute Gasteiger partial charge is 0.227 e. The first-order chi connectivity index (χ1) is 16.6. The molecule has 0 aliphatic carbocycles. The Balaban J connectivity index is 1.43. The second-order valence-corrected chi connectivity index (χ2v) is 7.84. The normalized spacial score (nSPS) is 10.9. The number of nitriles is 1. The Morgan fingerprint density at radius 2 is 1.74 bits per heavy atom. The van der Waals surface area contributed by atoms with Crippen molar-refractivity contribution in [1.29, 1.82) is 5.26 Å². The molecule has 4 rings (SSSR count). The summed E-state index contributed by atoms with van der Waals surface area (Å²) in [5.74, 6) is 1.32. The van der Waals surface area contributed by atoms with Gasteiger partial charge in [0.1, 0.15) is 24.2 Å². The monoisotopic (exact) mass is 453 g/mol. The van der Waals surface area contributed by atoms with E-state index in [-0.39, 0.29) is 11.3 Å². The molecule has 172 valence electrons. The highest BCUT2D eigenvalue weighted by Gasteiger charge is 2.07. The van der Waals surface area contributed by atoms with Gasteiger partial charge < -0.3 is 20.1 Å². The number of phenols is 1. The third-order valence-electron chi connectivity index (χ3n) is 5.71. The zero-order chi connectivity index (χ0) is 23.9. The molecule has 3 aromatic carbocycles. The van der Waals surface area contributed by atoms with Gasteiger partial charge in [0.05, 0.1) is 11.1 Å². The van der Waals surface area contributed by atoms with Crippen molar-refractivity contribution in [1.82, 2.24) is 14.9 Å². The number of ether oxygens (including phenoxy) is 1. The molecule has 7 nitrogen and oxygen atoms in total. The maximum atomic E-state index is 9.74. The first-order valence-electron chi connectivity index (χ1n) is 11.3. The van der Waals surface area contributed by atoms with Gasteiger partial charge in [-0.15, -0.1) is 0 Å². The molecule has 1 heterocycles. The number of anilines is 2. The standard InChI is InChI=1S/C27H27N5O2/c1-3-32(4-2)13-14-34-24-9-7-23(8-10-24)30-27-29-18-22-16-19(5-11-25(22)31-27)20-6-12-26(33)21(15-20)17-28/h5-12,15-16,18,33H,3-4,13-14H2,1-2H3,(H,29,30,31). The van der Waals surface area contributed by atoms with Crippen molar-refractivity contribution in [3.8, 4) is 28.7 Å². The molecule has 0 aliphatic rings. The molecular formula is C27H27N5O2. The molecule has 0 amide bonds. The minimum absolute atomic E-state index is 0.0229. The van der Waals surface area contributed by atoms with E-state index in [1.54, 1.807) is 18.3 Å². The van der Waals surface area contributed by atoms with Crippen LogP contribution in [0, 0.1) is 11.3 Å². The first-order valence-corrected chi connectivity index (χ1v) is 11.3. The topological polar surface area (TPSA) is 94.3 Å². The summed E-state index contributed by atoms with van der Waals surface area (Å²) in [5, 5.41) is 23.0. The number of aromatic nitrogens is 2. The Morgan fingerprint density at radius 3 is 2.47 bits per heavy atom. The van der Waals surface area contributed by atoms with E-state index < -0.39 is 0 Å². The van der Waals surface area contributed by atoms with Gasteiger partial charge in [-0.3, -0.25) is 0 Å². The number of hydrogen-bond donors (Lipinski definition) is 2. The lowest BCUT2D eigenvalue weighted by atomic mass is 10.0. The second kappa shape index (κ2) is 10.6. The van der Waals surface area contributed by atoms with E-state index in [0.29, 0.717) is 12.6 Å². The van der Waals surface area contributed by atoms with Gasteiger partial charge in [-0.05, 0) is 72.7 Å². The van der Waals surface area contributed by atoms with E-state index in [4.69, 9.17) is 10.00 Å². The SMILES string of the molecule is CCN(CC)CCOc1ccc(Nc2ncc3cc(-c4ccc(O)c(C#N)c4)ccc3n2)cc1. The average molecular weight is 454 g/mol. The molecular weight excluding hydrogens is 426 g/mol. The molecule has 0 radical (unpaired) electrons. The number of nitrogens with one attached hydrogen (secondary N) is 1. The van der Waals surface area contributed by atoms with Crippen molar-refractivity contribution < 1.29 is 9.84 Å². The highest BCUT2D eigenvalue weighted by Crippen LogP contribution is 2.28. The molecule has 0 saturated heterocycles. The molecule has 7 heteroatoms. The molecule has 0 unspecified atom stereocenters. The van der Waals surface area contributed by atoms with Gasteiger partial charge in [-0.25, -0.2) is 9.97 Å². The van der Waals surface area contributed by atoms with Crippen molar-refractivity contribution in [3.63, 3.8) is 0 Å². The van der Waals surface area contributed by atoms with Crippen LogP contribution in [0.15, 0.2) is 66.9 Å². The van der Waals surface area contributed by atoms with Gasteiger partial charge in [0, 0.05) is 23.8 Å². The van der Waals surface area contributed by atoms with Gasteiger partial charge in [0.2, 0.25) is 5.95 Å². The average Bonchev–Trinajstić information content (AvgIpc) is 2.87. The number of rotatable bonds is 9. The molecule has 4 aromatic rings. The van der Waals surface area contributed by atoms with Crippen molar-refractivity contribution in [2.24, 2.45) is 0 Å². The maximum Gasteiger partial charge on any atom is 0.227 e. The predicted molar refractivity (Wildman–Crippen MR) is 134 cm³/mol. The van der Waals surface area contributed by atoms with Crippen molar-refractivity contribution in [2.75, 3.05) is 31.6 Å². The molecule has 0 aliphatic heterocycles. The van der Waals surface area contributed by atoms with Crippen LogP contribution in [0.5, 0.6) is 11.5 Å². The fourth-order valence-corrected chi connectivity index (χ4v) is 3.67. The lowest BCUT2D eigenvalue weighted by Gasteiger charge is -2.18. The Morgan fingerprint density at radius 1 is 1.00 bits per heavy atom. The van der Waals surface area contributed by atoms with E-state index in [1.165, 1.54) is 6.07 Å². The molecule has 1 aromatic heterocycles. The van der Waals surface area contributed by atoms with Crippen LogP contribution in [0.4, 0.5) is 11.6 Å². The summed E-state index contributed by atoms with van der Waals surface area (Å²) in [6, 6.07) is 20.6. The van der Waals surface area contributed by atoms with Crippen LogP contribution >= 0.6 is 0 Å². The largest absolute Gasteiger partial charge is 0.507 e. The summed E-state index contributed by atoms with van der Waals surface area (Å²) >= 11 is 0. The highest BCUT2D eigenvalue weighted by atomic mass is 16.5. The number of aromatic hydroxyl groups is 1. The second-order valence-electron chi connectivity index (χ2n) is 7.84. The quantitative estimate of drug-likeness (QED) is 0.353. The van der Waals surface area contributed by atoms with Crippen LogP contribution in [0.2, 0.25) is 0 Å². The summed E-state index contributed by atoms with van der Waals surface area (Å²) in [6.45, 7) is 7.92. The fourth-order valence-electron chi connectivity index (χ4n) is 3.67. The van der Waals surface area contributed by atoms with Gasteiger partial charge in [-0.1, -0.05) is 26.0 Å². The van der Waals surface area contributed by atoms with Crippen molar-refractivity contribution in [2.45, 2.75) is 13.8 Å². The molecule has 0 spiro atoms. The minimum Gasteiger partial charge on any atom is -0.507 e. The number of nitrogens with zero attached hydrogens (tertiary/aromatic N) is 4. The first kappa shape index (κ1) is 23.0. The van der Waals surface area contributed by atoms with E-state index in [1.807, 2.05) is 48.5 Å². The van der Waals surface area contributed by atoms with Gasteiger partial charge in [-0.2, -0.15) is 5.26 Å². The summed E-state index contributed by atoms with van der Waals surface area (Å²) < 4.78 is 5.84. The third-order valence-corrected chi connectivity index (χ3v) is 5.71. The summed E-state index contributed by atoms with van der Waals surface area (Å²) in [7, 11) is 0. The summed E-state index contributed by atoms with van der Waals surface area (Å²) in [4.78, 5) is 11.4. The Labute approximate surface area is 199 Å². The highest BCUT2D eigenvalue weighted by molar-refractivity contribution is 5.85. The van der Waals surface area contributed by atoms with Crippen molar-refractivity contribution >= 4 is 22.5 Å². The van der Waals surface area contributed by atoms with Crippen molar-refractivity contribution in [3.05, 3.63) is 72.4 Å². The minimum atomic E-state index is -0.0229. The number of benzene rings is 3. The maximum absolute atomic E-state index is 9.74. The van der Waals surface area contributed by atoms with Gasteiger partial charge >= 0.3 is 0 Å². The zero-order valence-electron chi connectivity index (χ0n) is 19.3. The van der Waals surface area contributed by atoms with Crippen LogP contribution in [0.1, 0.15) is 19.4 Å². The molecule has 0 atom stereocenters.